The molecule has 0 saturated carbocycles. The molecular formula is C17H35N3. The van der Waals surface area contributed by atoms with E-state index < -0.39 is 0 Å². The van der Waals surface area contributed by atoms with Crippen molar-refractivity contribution in [2.75, 3.05) is 39.3 Å². The van der Waals surface area contributed by atoms with Gasteiger partial charge in [-0.3, -0.25) is 4.90 Å². The van der Waals surface area contributed by atoms with E-state index in [1.54, 1.807) is 0 Å². The molecule has 2 rings (SSSR count). The summed E-state index contributed by atoms with van der Waals surface area (Å²) in [5.74, 6) is 0.954. The van der Waals surface area contributed by atoms with E-state index in [1.165, 1.54) is 64.8 Å². The van der Waals surface area contributed by atoms with Crippen LogP contribution in [0.3, 0.4) is 0 Å². The molecule has 2 atom stereocenters. The molecule has 20 heavy (non-hydrogen) atoms. The Morgan fingerprint density at radius 2 is 1.70 bits per heavy atom. The van der Waals surface area contributed by atoms with Gasteiger partial charge in [-0.05, 0) is 77.7 Å². The van der Waals surface area contributed by atoms with Crippen molar-refractivity contribution in [3.05, 3.63) is 0 Å². The smallest absolute Gasteiger partial charge is 0.0220 e. The summed E-state index contributed by atoms with van der Waals surface area (Å²) in [6.07, 6.45) is 6.91. The lowest BCUT2D eigenvalue weighted by Gasteiger charge is -2.40. The summed E-state index contributed by atoms with van der Waals surface area (Å²) in [4.78, 5) is 5.41. The van der Waals surface area contributed by atoms with Crippen molar-refractivity contribution < 1.29 is 0 Å². The average molecular weight is 281 g/mol. The minimum atomic E-state index is 0.662. The van der Waals surface area contributed by atoms with Crippen LogP contribution in [0.2, 0.25) is 0 Å². The second-order valence-corrected chi connectivity index (χ2v) is 6.80. The van der Waals surface area contributed by atoms with Crippen molar-refractivity contribution in [2.24, 2.45) is 5.92 Å². The molecular weight excluding hydrogens is 246 g/mol. The number of hydrogen-bond acceptors (Lipinski definition) is 3. The maximum atomic E-state index is 3.65. The summed E-state index contributed by atoms with van der Waals surface area (Å²) in [5, 5.41) is 3.65. The largest absolute Gasteiger partial charge is 0.313 e. The second-order valence-electron chi connectivity index (χ2n) is 6.80. The van der Waals surface area contributed by atoms with Crippen LogP contribution < -0.4 is 5.32 Å². The van der Waals surface area contributed by atoms with Crippen molar-refractivity contribution in [3.63, 3.8) is 0 Å². The summed E-state index contributed by atoms with van der Waals surface area (Å²) in [5.41, 5.74) is 0. The van der Waals surface area contributed by atoms with Crippen LogP contribution in [-0.2, 0) is 0 Å². The van der Waals surface area contributed by atoms with Gasteiger partial charge in [0.25, 0.3) is 0 Å². The molecule has 2 aliphatic heterocycles. The van der Waals surface area contributed by atoms with Crippen LogP contribution in [0.15, 0.2) is 0 Å². The highest BCUT2D eigenvalue weighted by Crippen LogP contribution is 2.23. The van der Waals surface area contributed by atoms with Gasteiger partial charge >= 0.3 is 0 Å². The monoisotopic (exact) mass is 281 g/mol. The Kier molecular flexibility index (Phi) is 6.79. The van der Waals surface area contributed by atoms with Gasteiger partial charge < -0.3 is 10.2 Å². The number of piperidine rings is 1. The number of hydrogen-bond donors (Lipinski definition) is 1. The molecule has 2 fully saturated rings. The Labute approximate surface area is 126 Å². The average Bonchev–Trinajstić information content (AvgIpc) is 2.98. The van der Waals surface area contributed by atoms with Gasteiger partial charge in [-0.25, -0.2) is 0 Å². The molecule has 2 heterocycles. The van der Waals surface area contributed by atoms with Gasteiger partial charge in [-0.2, -0.15) is 0 Å². The Morgan fingerprint density at radius 1 is 1.05 bits per heavy atom. The molecule has 3 heteroatoms. The first-order valence-corrected chi connectivity index (χ1v) is 8.94. The van der Waals surface area contributed by atoms with Crippen LogP contribution in [0, 0.1) is 5.92 Å². The maximum Gasteiger partial charge on any atom is 0.0220 e. The summed E-state index contributed by atoms with van der Waals surface area (Å²) < 4.78 is 0. The molecule has 0 aromatic rings. The van der Waals surface area contributed by atoms with E-state index in [9.17, 15) is 0 Å². The minimum absolute atomic E-state index is 0.662. The Balaban J connectivity index is 1.72. The molecule has 0 bridgehead atoms. The quantitative estimate of drug-likeness (QED) is 0.774. The molecule has 0 radical (unpaired) electrons. The van der Waals surface area contributed by atoms with E-state index in [2.05, 4.69) is 35.9 Å². The fourth-order valence-electron chi connectivity index (χ4n) is 4.05. The van der Waals surface area contributed by atoms with E-state index in [1.807, 2.05) is 0 Å². The van der Waals surface area contributed by atoms with Gasteiger partial charge in [-0.15, -0.1) is 0 Å². The van der Waals surface area contributed by atoms with E-state index in [-0.39, 0.29) is 0 Å². The first-order chi connectivity index (χ1) is 9.74. The first kappa shape index (κ1) is 16.3. The Bertz CT molecular complexity index is 255. The number of nitrogens with one attached hydrogen (secondary N) is 1. The van der Waals surface area contributed by atoms with Crippen molar-refractivity contribution in [1.82, 2.24) is 15.1 Å². The minimum Gasteiger partial charge on any atom is -0.313 e. The molecule has 0 spiro atoms. The van der Waals surface area contributed by atoms with E-state index >= 15 is 0 Å². The summed E-state index contributed by atoms with van der Waals surface area (Å²) in [7, 11) is 0. The van der Waals surface area contributed by atoms with Gasteiger partial charge in [-0.1, -0.05) is 13.8 Å². The van der Waals surface area contributed by atoms with Gasteiger partial charge in [0.15, 0.2) is 0 Å². The van der Waals surface area contributed by atoms with Crippen molar-refractivity contribution in [2.45, 2.75) is 65.0 Å². The van der Waals surface area contributed by atoms with E-state index in [0.29, 0.717) is 12.1 Å². The van der Waals surface area contributed by atoms with Crippen molar-refractivity contribution in [3.8, 4) is 0 Å². The molecule has 0 amide bonds. The third kappa shape index (κ3) is 4.44. The lowest BCUT2D eigenvalue weighted by molar-refractivity contribution is 0.102. The normalized spacial score (nSPS) is 25.9. The number of rotatable bonds is 7. The number of likely N-dealkylation sites (N-methyl/N-ethyl adjacent to an activating group) is 1. The van der Waals surface area contributed by atoms with Crippen LogP contribution in [0.5, 0.6) is 0 Å². The lowest BCUT2D eigenvalue weighted by Crippen LogP contribution is -2.51. The van der Waals surface area contributed by atoms with Crippen LogP contribution in [0.4, 0.5) is 0 Å². The molecule has 0 aromatic carbocycles. The lowest BCUT2D eigenvalue weighted by atomic mass is 9.93. The highest BCUT2D eigenvalue weighted by molar-refractivity contribution is 4.84. The van der Waals surface area contributed by atoms with Crippen LogP contribution in [0.25, 0.3) is 0 Å². The van der Waals surface area contributed by atoms with Crippen molar-refractivity contribution in [1.29, 1.82) is 0 Å². The molecule has 0 aromatic heterocycles. The summed E-state index contributed by atoms with van der Waals surface area (Å²) >= 11 is 0. The van der Waals surface area contributed by atoms with Crippen LogP contribution >= 0.6 is 0 Å². The van der Waals surface area contributed by atoms with Crippen molar-refractivity contribution >= 4 is 0 Å². The highest BCUT2D eigenvalue weighted by Gasteiger charge is 2.27. The molecule has 2 unspecified atom stereocenters. The third-order valence-electron chi connectivity index (χ3n) is 5.43. The Hall–Kier alpha value is -0.120. The third-order valence-corrected chi connectivity index (χ3v) is 5.43. The number of nitrogens with zero attached hydrogens (tertiary/aromatic N) is 2. The molecule has 2 saturated heterocycles. The fraction of sp³-hybridized carbons (Fsp3) is 1.00. The van der Waals surface area contributed by atoms with Crippen LogP contribution in [-0.4, -0.2) is 61.2 Å². The van der Waals surface area contributed by atoms with Gasteiger partial charge in [0, 0.05) is 18.6 Å². The maximum absolute atomic E-state index is 3.65. The zero-order valence-electron chi connectivity index (χ0n) is 13.9. The van der Waals surface area contributed by atoms with Gasteiger partial charge in [0.2, 0.25) is 0 Å². The van der Waals surface area contributed by atoms with Gasteiger partial charge in [0.05, 0.1) is 0 Å². The Morgan fingerprint density at radius 3 is 2.25 bits per heavy atom. The molecule has 1 N–H and O–H groups in total. The molecule has 2 aliphatic rings. The van der Waals surface area contributed by atoms with Crippen LogP contribution in [0.1, 0.15) is 52.9 Å². The van der Waals surface area contributed by atoms with E-state index in [0.717, 1.165) is 12.5 Å². The fourth-order valence-corrected chi connectivity index (χ4v) is 4.05. The predicted octanol–water partition coefficient (Wildman–Crippen LogP) is 2.57. The zero-order chi connectivity index (χ0) is 14.4. The predicted molar refractivity (Wildman–Crippen MR) is 87.2 cm³/mol. The standard InChI is InChI=1S/C17H35N3/c1-4-17(18-5-2)15(3)20-12-8-16(9-13-20)14-19-10-6-7-11-19/h15-18H,4-14H2,1-3H3. The second kappa shape index (κ2) is 8.35. The highest BCUT2D eigenvalue weighted by atomic mass is 15.2. The summed E-state index contributed by atoms with van der Waals surface area (Å²) in [6, 6.07) is 1.35. The number of likely N-dealkylation sites (tertiary alicyclic amines) is 2. The molecule has 118 valence electrons. The zero-order valence-corrected chi connectivity index (χ0v) is 13.9. The van der Waals surface area contributed by atoms with E-state index in [4.69, 9.17) is 0 Å². The molecule has 3 nitrogen and oxygen atoms in total. The topological polar surface area (TPSA) is 18.5 Å². The first-order valence-electron chi connectivity index (χ1n) is 8.94. The molecule has 0 aliphatic carbocycles. The SMILES string of the molecule is CCNC(CC)C(C)N1CCC(CN2CCCC2)CC1. The van der Waals surface area contributed by atoms with Gasteiger partial charge in [0.1, 0.15) is 0 Å². The summed E-state index contributed by atoms with van der Waals surface area (Å²) in [6.45, 7) is 14.7.